The maximum absolute atomic E-state index is 13.4. The monoisotopic (exact) mass is 320 g/mol. The van der Waals surface area contributed by atoms with Crippen LogP contribution in [-0.2, 0) is 4.79 Å². The van der Waals surface area contributed by atoms with Crippen LogP contribution >= 0.6 is 15.9 Å². The van der Waals surface area contributed by atoms with Gasteiger partial charge in [-0.15, -0.1) is 0 Å². The zero-order valence-electron chi connectivity index (χ0n) is 10.2. The predicted octanol–water partition coefficient (Wildman–Crippen LogP) is 3.05. The number of carbonyl (C=O) groups excluding carboxylic acids is 1. The number of nitrogens with one attached hydrogen (secondary N) is 2. The van der Waals surface area contributed by atoms with Gasteiger partial charge in [0.05, 0.1) is 10.2 Å². The predicted molar refractivity (Wildman–Crippen MR) is 70.4 cm³/mol. The number of rotatable bonds is 5. The van der Waals surface area contributed by atoms with Crippen molar-refractivity contribution in [3.05, 3.63) is 28.2 Å². The van der Waals surface area contributed by atoms with Crippen LogP contribution in [0.15, 0.2) is 16.6 Å². The van der Waals surface area contributed by atoms with E-state index in [0.717, 1.165) is 12.1 Å². The largest absolute Gasteiger partial charge is 0.323 e. The highest BCUT2D eigenvalue weighted by Crippen LogP contribution is 2.23. The Labute approximate surface area is 113 Å². The second-order valence-electron chi connectivity index (χ2n) is 4.15. The highest BCUT2D eigenvalue weighted by Gasteiger charge is 2.11. The van der Waals surface area contributed by atoms with Gasteiger partial charge in [0.2, 0.25) is 5.91 Å². The molecule has 0 heterocycles. The van der Waals surface area contributed by atoms with Crippen molar-refractivity contribution in [2.75, 3.05) is 11.9 Å². The minimum absolute atomic E-state index is 0.0273. The molecule has 3 nitrogen and oxygen atoms in total. The Bertz CT molecular complexity index is 438. The first kappa shape index (κ1) is 15.0. The van der Waals surface area contributed by atoms with Crippen molar-refractivity contribution < 1.29 is 13.6 Å². The van der Waals surface area contributed by atoms with Gasteiger partial charge in [0.1, 0.15) is 11.6 Å². The fourth-order valence-electron chi connectivity index (χ4n) is 1.31. The van der Waals surface area contributed by atoms with E-state index in [-0.39, 0.29) is 28.5 Å². The van der Waals surface area contributed by atoms with Crippen LogP contribution < -0.4 is 10.6 Å². The minimum atomic E-state index is -0.673. The number of halogens is 3. The molecular formula is C12H15BrF2N2O. The Morgan fingerprint density at radius 3 is 2.61 bits per heavy atom. The number of benzene rings is 1. The Hall–Kier alpha value is -1.01. The molecule has 0 saturated heterocycles. The lowest BCUT2D eigenvalue weighted by atomic mass is 10.2. The third kappa shape index (κ3) is 4.70. The van der Waals surface area contributed by atoms with Gasteiger partial charge in [-0.25, -0.2) is 8.78 Å². The molecule has 0 radical (unpaired) electrons. The van der Waals surface area contributed by atoms with Crippen LogP contribution in [0.4, 0.5) is 14.5 Å². The van der Waals surface area contributed by atoms with Crippen molar-refractivity contribution in [1.29, 1.82) is 0 Å². The quantitative estimate of drug-likeness (QED) is 0.819. The van der Waals surface area contributed by atoms with Gasteiger partial charge >= 0.3 is 0 Å². The Balaban J connectivity index is 2.57. The SMILES string of the molecule is CC(C)NCCC(=O)Nc1cc(F)c(Br)cc1F. The summed E-state index contributed by atoms with van der Waals surface area (Å²) < 4.78 is 26.6. The number of amides is 1. The van der Waals surface area contributed by atoms with Crippen LogP contribution in [0.1, 0.15) is 20.3 Å². The molecule has 0 aromatic heterocycles. The third-order valence-electron chi connectivity index (χ3n) is 2.19. The molecule has 0 atom stereocenters. The number of anilines is 1. The van der Waals surface area contributed by atoms with Crippen LogP contribution in [0, 0.1) is 11.6 Å². The van der Waals surface area contributed by atoms with Gasteiger partial charge in [-0.3, -0.25) is 4.79 Å². The molecule has 0 spiro atoms. The lowest BCUT2D eigenvalue weighted by molar-refractivity contribution is -0.116. The molecule has 1 rings (SSSR count). The van der Waals surface area contributed by atoms with E-state index in [1.54, 1.807) is 0 Å². The molecule has 2 N–H and O–H groups in total. The van der Waals surface area contributed by atoms with Gasteiger partial charge in [0, 0.05) is 25.1 Å². The van der Waals surface area contributed by atoms with E-state index in [4.69, 9.17) is 0 Å². The zero-order chi connectivity index (χ0) is 13.7. The second-order valence-corrected chi connectivity index (χ2v) is 5.01. The molecule has 0 saturated carbocycles. The van der Waals surface area contributed by atoms with Crippen LogP contribution in [0.5, 0.6) is 0 Å². The summed E-state index contributed by atoms with van der Waals surface area (Å²) in [5.74, 6) is -1.65. The van der Waals surface area contributed by atoms with Crippen molar-refractivity contribution in [2.24, 2.45) is 0 Å². The molecule has 0 aliphatic heterocycles. The summed E-state index contributed by atoms with van der Waals surface area (Å²) in [6.07, 6.45) is 0.204. The first-order valence-corrected chi connectivity index (χ1v) is 6.37. The summed E-state index contributed by atoms with van der Waals surface area (Å²) >= 11 is 2.87. The third-order valence-corrected chi connectivity index (χ3v) is 2.80. The van der Waals surface area contributed by atoms with Gasteiger partial charge < -0.3 is 10.6 Å². The van der Waals surface area contributed by atoms with Crippen molar-refractivity contribution in [3.63, 3.8) is 0 Å². The summed E-state index contributed by atoms with van der Waals surface area (Å²) in [6.45, 7) is 4.41. The lowest BCUT2D eigenvalue weighted by Gasteiger charge is -2.09. The van der Waals surface area contributed by atoms with E-state index < -0.39 is 11.6 Å². The topological polar surface area (TPSA) is 41.1 Å². The highest BCUT2D eigenvalue weighted by atomic mass is 79.9. The summed E-state index contributed by atoms with van der Waals surface area (Å²) in [7, 11) is 0. The van der Waals surface area contributed by atoms with E-state index in [0.29, 0.717) is 6.54 Å². The minimum Gasteiger partial charge on any atom is -0.323 e. The number of carbonyl (C=O) groups is 1. The zero-order valence-corrected chi connectivity index (χ0v) is 11.8. The van der Waals surface area contributed by atoms with E-state index in [2.05, 4.69) is 26.6 Å². The number of hydrogen-bond donors (Lipinski definition) is 2. The van der Waals surface area contributed by atoms with Gasteiger partial charge in [-0.1, -0.05) is 13.8 Å². The molecule has 1 aromatic rings. The van der Waals surface area contributed by atoms with Crippen LogP contribution in [-0.4, -0.2) is 18.5 Å². The van der Waals surface area contributed by atoms with E-state index in [9.17, 15) is 13.6 Å². The molecule has 18 heavy (non-hydrogen) atoms. The van der Waals surface area contributed by atoms with Gasteiger partial charge in [-0.05, 0) is 22.0 Å². The maximum Gasteiger partial charge on any atom is 0.225 e. The van der Waals surface area contributed by atoms with Crippen molar-refractivity contribution in [1.82, 2.24) is 5.32 Å². The van der Waals surface area contributed by atoms with Gasteiger partial charge in [0.25, 0.3) is 0 Å². The van der Waals surface area contributed by atoms with Crippen molar-refractivity contribution in [2.45, 2.75) is 26.3 Å². The molecule has 0 unspecified atom stereocenters. The molecule has 0 aliphatic carbocycles. The highest BCUT2D eigenvalue weighted by molar-refractivity contribution is 9.10. The van der Waals surface area contributed by atoms with Gasteiger partial charge in [0.15, 0.2) is 0 Å². The summed E-state index contributed by atoms with van der Waals surface area (Å²) in [6, 6.07) is 2.21. The number of hydrogen-bond acceptors (Lipinski definition) is 2. The summed E-state index contributed by atoms with van der Waals surface area (Å²) in [5, 5.41) is 5.40. The molecule has 6 heteroatoms. The van der Waals surface area contributed by atoms with Crippen LogP contribution in [0.2, 0.25) is 0 Å². The van der Waals surface area contributed by atoms with Crippen molar-refractivity contribution in [3.8, 4) is 0 Å². The standard InChI is InChI=1S/C12H15BrF2N2O/c1-7(2)16-4-3-12(18)17-11-6-9(14)8(13)5-10(11)15/h5-7,16H,3-4H2,1-2H3,(H,17,18). The molecule has 0 fully saturated rings. The Morgan fingerprint density at radius 1 is 1.33 bits per heavy atom. The first-order valence-electron chi connectivity index (χ1n) is 5.58. The Kier molecular flexibility index (Phi) is 5.68. The van der Waals surface area contributed by atoms with E-state index in [1.165, 1.54) is 0 Å². The van der Waals surface area contributed by atoms with Crippen LogP contribution in [0.25, 0.3) is 0 Å². The molecule has 1 amide bonds. The lowest BCUT2D eigenvalue weighted by Crippen LogP contribution is -2.27. The second kappa shape index (κ2) is 6.80. The molecule has 0 aliphatic rings. The molecule has 0 bridgehead atoms. The average molecular weight is 321 g/mol. The van der Waals surface area contributed by atoms with Gasteiger partial charge in [-0.2, -0.15) is 0 Å². The molecule has 1 aromatic carbocycles. The average Bonchev–Trinajstić information content (AvgIpc) is 2.25. The van der Waals surface area contributed by atoms with Crippen LogP contribution in [0.3, 0.4) is 0 Å². The van der Waals surface area contributed by atoms with Crippen molar-refractivity contribution >= 4 is 27.5 Å². The molecule has 100 valence electrons. The molecular weight excluding hydrogens is 306 g/mol. The van der Waals surface area contributed by atoms with E-state index >= 15 is 0 Å². The fraction of sp³-hybridized carbons (Fsp3) is 0.417. The Morgan fingerprint density at radius 2 is 2.00 bits per heavy atom. The summed E-state index contributed by atoms with van der Waals surface area (Å²) in [5.41, 5.74) is -0.148. The maximum atomic E-state index is 13.4. The first-order chi connectivity index (χ1) is 8.40. The summed E-state index contributed by atoms with van der Waals surface area (Å²) in [4.78, 5) is 11.5. The smallest absolute Gasteiger partial charge is 0.225 e. The van der Waals surface area contributed by atoms with E-state index in [1.807, 2.05) is 13.8 Å². The normalized spacial score (nSPS) is 10.8. The fourth-order valence-corrected chi connectivity index (χ4v) is 1.62.